The molecule has 0 saturated heterocycles. The van der Waals surface area contributed by atoms with Crippen LogP contribution in [0.15, 0.2) is 41.3 Å². The summed E-state index contributed by atoms with van der Waals surface area (Å²) < 4.78 is 23.4. The van der Waals surface area contributed by atoms with Crippen LogP contribution in [0.1, 0.15) is 22.3 Å². The zero-order valence-electron chi connectivity index (χ0n) is 14.7. The van der Waals surface area contributed by atoms with Crippen molar-refractivity contribution in [2.75, 3.05) is 5.32 Å². The van der Waals surface area contributed by atoms with Gasteiger partial charge in [0.05, 0.1) is 10.4 Å². The van der Waals surface area contributed by atoms with Gasteiger partial charge in [-0.2, -0.15) is 0 Å². The Labute approximate surface area is 148 Å². The van der Waals surface area contributed by atoms with Gasteiger partial charge in [-0.25, -0.2) is 18.5 Å². The first kappa shape index (κ1) is 17.4. The molecule has 3 aromatic rings. The molecule has 1 aromatic heterocycles. The van der Waals surface area contributed by atoms with E-state index in [1.807, 2.05) is 26.0 Å². The maximum Gasteiger partial charge on any atom is 0.238 e. The number of sulfonamides is 1. The number of fused-ring (bicyclic) bond motifs is 1. The Balaban J connectivity index is 2.07. The first-order valence-electron chi connectivity index (χ1n) is 7.94. The van der Waals surface area contributed by atoms with Crippen molar-refractivity contribution >= 4 is 32.4 Å². The van der Waals surface area contributed by atoms with Gasteiger partial charge in [-0.1, -0.05) is 17.7 Å². The predicted octanol–water partition coefficient (Wildman–Crippen LogP) is 3.86. The van der Waals surface area contributed by atoms with Crippen LogP contribution in [0.4, 0.5) is 11.5 Å². The third kappa shape index (κ3) is 3.50. The number of nitrogens with zero attached hydrogens (tertiary/aromatic N) is 1. The third-order valence-electron chi connectivity index (χ3n) is 4.22. The summed E-state index contributed by atoms with van der Waals surface area (Å²) in [6.45, 7) is 7.86. The Morgan fingerprint density at radius 1 is 0.920 bits per heavy atom. The number of aryl methyl sites for hydroxylation is 4. The minimum absolute atomic E-state index is 0.113. The Hall–Kier alpha value is -2.44. The average Bonchev–Trinajstić information content (AvgIpc) is 2.49. The smallest absolute Gasteiger partial charge is 0.238 e. The molecule has 2 aromatic carbocycles. The van der Waals surface area contributed by atoms with Crippen molar-refractivity contribution in [1.29, 1.82) is 0 Å². The normalized spacial score (nSPS) is 11.7. The molecule has 5 nitrogen and oxygen atoms in total. The summed E-state index contributed by atoms with van der Waals surface area (Å²) in [6, 6.07) is 11.3. The van der Waals surface area contributed by atoms with Crippen LogP contribution >= 0.6 is 0 Å². The molecule has 0 unspecified atom stereocenters. The van der Waals surface area contributed by atoms with Crippen LogP contribution in [0.5, 0.6) is 0 Å². The lowest BCUT2D eigenvalue weighted by Crippen LogP contribution is -2.14. The van der Waals surface area contributed by atoms with Crippen LogP contribution in [0.3, 0.4) is 0 Å². The Morgan fingerprint density at radius 3 is 2.32 bits per heavy atom. The molecule has 3 rings (SSSR count). The van der Waals surface area contributed by atoms with E-state index >= 15 is 0 Å². The van der Waals surface area contributed by atoms with E-state index in [2.05, 4.69) is 24.4 Å². The Kier molecular flexibility index (Phi) is 4.26. The fourth-order valence-electron chi connectivity index (χ4n) is 3.04. The minimum Gasteiger partial charge on any atom is -0.340 e. The lowest BCUT2D eigenvalue weighted by Gasteiger charge is -2.13. The van der Waals surface area contributed by atoms with Crippen molar-refractivity contribution in [1.82, 2.24) is 4.98 Å². The molecule has 0 aliphatic carbocycles. The second kappa shape index (κ2) is 6.13. The van der Waals surface area contributed by atoms with Gasteiger partial charge in [-0.3, -0.25) is 0 Å². The van der Waals surface area contributed by atoms with E-state index in [4.69, 9.17) is 10.1 Å². The topological polar surface area (TPSA) is 85.1 Å². The molecule has 0 saturated carbocycles. The van der Waals surface area contributed by atoms with Crippen LogP contribution in [0.2, 0.25) is 0 Å². The standard InChI is InChI=1S/C19H21N3O2S/c1-11-7-14(4)19-16(8-11)13(3)9-18(22-19)21-15-6-5-12(2)17(10-15)25(20,23)24/h5-10H,1-4H3,(H,21,22)(H2,20,23,24). The highest BCUT2D eigenvalue weighted by molar-refractivity contribution is 7.89. The lowest BCUT2D eigenvalue weighted by atomic mass is 10.0. The molecule has 0 fully saturated rings. The highest BCUT2D eigenvalue weighted by Gasteiger charge is 2.13. The number of aromatic nitrogens is 1. The first-order valence-corrected chi connectivity index (χ1v) is 9.49. The van der Waals surface area contributed by atoms with Gasteiger partial charge >= 0.3 is 0 Å². The number of primary sulfonamides is 1. The third-order valence-corrected chi connectivity index (χ3v) is 5.28. The van der Waals surface area contributed by atoms with Gasteiger partial charge in [0.15, 0.2) is 0 Å². The maximum atomic E-state index is 11.7. The van der Waals surface area contributed by atoms with Crippen LogP contribution in [-0.2, 0) is 10.0 Å². The van der Waals surface area contributed by atoms with Gasteiger partial charge in [-0.15, -0.1) is 0 Å². The van der Waals surface area contributed by atoms with Crippen LogP contribution in [0, 0.1) is 27.7 Å². The van der Waals surface area contributed by atoms with E-state index in [0.717, 1.165) is 22.0 Å². The SMILES string of the molecule is Cc1cc(C)c2nc(Nc3ccc(C)c(S(N)(=O)=O)c3)cc(C)c2c1. The summed E-state index contributed by atoms with van der Waals surface area (Å²) in [7, 11) is -3.76. The van der Waals surface area contributed by atoms with Gasteiger partial charge in [0.1, 0.15) is 5.82 Å². The maximum absolute atomic E-state index is 11.7. The number of nitrogens with two attached hydrogens (primary N) is 1. The van der Waals surface area contributed by atoms with Crippen molar-refractivity contribution < 1.29 is 8.42 Å². The lowest BCUT2D eigenvalue weighted by molar-refractivity contribution is 0.597. The summed E-state index contributed by atoms with van der Waals surface area (Å²) in [6.07, 6.45) is 0. The van der Waals surface area contributed by atoms with Crippen molar-refractivity contribution in [3.05, 3.63) is 58.7 Å². The van der Waals surface area contributed by atoms with E-state index in [9.17, 15) is 8.42 Å². The molecule has 0 bridgehead atoms. The molecule has 25 heavy (non-hydrogen) atoms. The van der Waals surface area contributed by atoms with Crippen molar-refractivity contribution in [2.45, 2.75) is 32.6 Å². The number of rotatable bonds is 3. The molecule has 3 N–H and O–H groups in total. The zero-order chi connectivity index (χ0) is 18.4. The second-order valence-corrected chi connectivity index (χ2v) is 7.98. The van der Waals surface area contributed by atoms with E-state index in [0.29, 0.717) is 17.1 Å². The summed E-state index contributed by atoms with van der Waals surface area (Å²) in [5.41, 5.74) is 5.60. The van der Waals surface area contributed by atoms with Gasteiger partial charge in [0, 0.05) is 11.1 Å². The molecule has 6 heteroatoms. The molecule has 130 valence electrons. The average molecular weight is 355 g/mol. The van der Waals surface area contributed by atoms with E-state index in [1.165, 1.54) is 11.6 Å². The van der Waals surface area contributed by atoms with Crippen LogP contribution < -0.4 is 10.5 Å². The number of benzene rings is 2. The highest BCUT2D eigenvalue weighted by Crippen LogP contribution is 2.27. The number of anilines is 2. The Morgan fingerprint density at radius 2 is 1.64 bits per heavy atom. The van der Waals surface area contributed by atoms with Crippen LogP contribution in [0.25, 0.3) is 10.9 Å². The zero-order valence-corrected chi connectivity index (χ0v) is 15.5. The summed E-state index contributed by atoms with van der Waals surface area (Å²) in [5.74, 6) is 0.668. The summed E-state index contributed by atoms with van der Waals surface area (Å²) in [4.78, 5) is 4.81. The van der Waals surface area contributed by atoms with Gasteiger partial charge in [-0.05, 0) is 68.7 Å². The predicted molar refractivity (Wildman–Crippen MR) is 102 cm³/mol. The summed E-state index contributed by atoms with van der Waals surface area (Å²) >= 11 is 0. The number of hydrogen-bond donors (Lipinski definition) is 2. The molecule has 0 amide bonds. The van der Waals surface area contributed by atoms with E-state index in [1.54, 1.807) is 13.0 Å². The summed E-state index contributed by atoms with van der Waals surface area (Å²) in [5, 5.41) is 9.59. The number of hydrogen-bond acceptors (Lipinski definition) is 4. The molecule has 0 radical (unpaired) electrons. The number of nitrogens with one attached hydrogen (secondary N) is 1. The Bertz CT molecular complexity index is 1090. The monoisotopic (exact) mass is 355 g/mol. The van der Waals surface area contributed by atoms with Crippen molar-refractivity contribution in [3.63, 3.8) is 0 Å². The second-order valence-electron chi connectivity index (χ2n) is 6.45. The van der Waals surface area contributed by atoms with E-state index < -0.39 is 10.0 Å². The molecular formula is C19H21N3O2S. The van der Waals surface area contributed by atoms with Crippen LogP contribution in [-0.4, -0.2) is 13.4 Å². The van der Waals surface area contributed by atoms with Crippen molar-refractivity contribution in [3.8, 4) is 0 Å². The van der Waals surface area contributed by atoms with E-state index in [-0.39, 0.29) is 4.90 Å². The molecule has 0 aliphatic rings. The van der Waals surface area contributed by atoms with Gasteiger partial charge in [0.25, 0.3) is 0 Å². The van der Waals surface area contributed by atoms with Crippen molar-refractivity contribution in [2.24, 2.45) is 5.14 Å². The highest BCUT2D eigenvalue weighted by atomic mass is 32.2. The number of pyridine rings is 1. The van der Waals surface area contributed by atoms with Gasteiger partial charge < -0.3 is 5.32 Å². The minimum atomic E-state index is -3.76. The molecule has 0 atom stereocenters. The first-order chi connectivity index (χ1) is 11.6. The molecule has 0 spiro atoms. The largest absolute Gasteiger partial charge is 0.340 e. The fraction of sp³-hybridized carbons (Fsp3) is 0.211. The molecular weight excluding hydrogens is 334 g/mol. The fourth-order valence-corrected chi connectivity index (χ4v) is 3.85. The molecule has 1 heterocycles. The van der Waals surface area contributed by atoms with Gasteiger partial charge in [0.2, 0.25) is 10.0 Å². The quantitative estimate of drug-likeness (QED) is 0.747. The molecule has 0 aliphatic heterocycles.